The Bertz CT molecular complexity index is 1660. The van der Waals surface area contributed by atoms with E-state index in [0.29, 0.717) is 21.7 Å². The van der Waals surface area contributed by atoms with E-state index in [-0.39, 0.29) is 16.9 Å². The highest BCUT2D eigenvalue weighted by Crippen LogP contribution is 2.29. The summed E-state index contributed by atoms with van der Waals surface area (Å²) >= 11 is 1.06. The summed E-state index contributed by atoms with van der Waals surface area (Å²) in [7, 11) is 2.69. The molecule has 0 fully saturated rings. The topological polar surface area (TPSA) is 122 Å². The van der Waals surface area contributed by atoms with E-state index in [1.54, 1.807) is 31.2 Å². The number of carbonyl (C=O) groups is 1. The number of nitrogens with zero attached hydrogens (tertiary/aromatic N) is 4. The van der Waals surface area contributed by atoms with Crippen molar-refractivity contribution in [2.24, 2.45) is 14.1 Å². The van der Waals surface area contributed by atoms with Crippen LogP contribution in [-0.4, -0.2) is 29.7 Å². The van der Waals surface area contributed by atoms with Crippen molar-refractivity contribution in [3.8, 4) is 5.69 Å². The first-order chi connectivity index (χ1) is 16.5. The summed E-state index contributed by atoms with van der Waals surface area (Å²) in [6.45, 7) is 5.43. The van der Waals surface area contributed by atoms with Crippen molar-refractivity contribution in [2.75, 3.05) is 5.73 Å². The molecule has 2 aromatic carbocycles. The molecule has 1 atom stereocenters. The summed E-state index contributed by atoms with van der Waals surface area (Å²) in [4.78, 5) is 56.6. The number of hydrogen-bond donors (Lipinski definition) is 1. The van der Waals surface area contributed by atoms with Crippen LogP contribution in [0.25, 0.3) is 16.6 Å². The van der Waals surface area contributed by atoms with Crippen LogP contribution in [0.4, 0.5) is 5.82 Å². The molecule has 180 valence electrons. The molecule has 0 aliphatic carbocycles. The minimum absolute atomic E-state index is 0.200. The molecule has 2 N–H and O–H groups in total. The minimum atomic E-state index is -0.828. The predicted molar refractivity (Wildman–Crippen MR) is 138 cm³/mol. The van der Waals surface area contributed by atoms with E-state index in [9.17, 15) is 19.2 Å². The molecule has 35 heavy (non-hydrogen) atoms. The number of fused-ring (bicyclic) bond motifs is 1. The van der Waals surface area contributed by atoms with Gasteiger partial charge in [0.2, 0.25) is 0 Å². The number of nitrogens with two attached hydrogens (primary N) is 1. The first kappa shape index (κ1) is 24.2. The highest BCUT2D eigenvalue weighted by molar-refractivity contribution is 8.00. The number of carbonyl (C=O) groups excluding carboxylic acids is 1. The van der Waals surface area contributed by atoms with Crippen LogP contribution in [0.1, 0.15) is 28.4 Å². The Labute approximate surface area is 204 Å². The van der Waals surface area contributed by atoms with E-state index >= 15 is 0 Å². The fourth-order valence-electron chi connectivity index (χ4n) is 4.05. The molecule has 0 spiro atoms. The number of aromatic nitrogens is 4. The number of ketones is 1. The molecular formula is C25H25N5O4S. The smallest absolute Gasteiger partial charge is 0.332 e. The standard InChI is InChI=1S/C25H25N5O4S/c1-13-9-8-10-14(2)19(13)30-22(32)16-11-6-7-12-17(16)27-24(30)35-15(3)20(31)18-21(26)28(4)25(34)29(5)23(18)33/h6-12,15H,26H2,1-5H3/t15-/m0/s1. The van der Waals surface area contributed by atoms with Crippen LogP contribution in [-0.2, 0) is 14.1 Å². The van der Waals surface area contributed by atoms with Crippen LogP contribution in [0.15, 0.2) is 62.0 Å². The molecule has 2 aromatic heterocycles. The highest BCUT2D eigenvalue weighted by Gasteiger charge is 2.27. The van der Waals surface area contributed by atoms with Gasteiger partial charge in [-0.1, -0.05) is 42.1 Å². The molecule has 4 rings (SSSR count). The summed E-state index contributed by atoms with van der Waals surface area (Å²) in [5.74, 6) is -0.756. The van der Waals surface area contributed by atoms with Crippen LogP contribution in [0.3, 0.4) is 0 Å². The molecule has 0 radical (unpaired) electrons. The molecule has 0 aliphatic heterocycles. The Morgan fingerprint density at radius 1 is 0.943 bits per heavy atom. The Kier molecular flexibility index (Phi) is 6.25. The predicted octanol–water partition coefficient (Wildman–Crippen LogP) is 2.35. The normalized spacial score (nSPS) is 12.1. The number of para-hydroxylation sites is 2. The number of rotatable bonds is 5. The van der Waals surface area contributed by atoms with Crippen molar-refractivity contribution >= 4 is 34.3 Å². The van der Waals surface area contributed by atoms with Gasteiger partial charge in [0.05, 0.1) is 21.8 Å². The van der Waals surface area contributed by atoms with Gasteiger partial charge in [-0.3, -0.25) is 28.1 Å². The third kappa shape index (κ3) is 3.99. The van der Waals surface area contributed by atoms with Gasteiger partial charge in [-0.15, -0.1) is 0 Å². The second-order valence-electron chi connectivity index (χ2n) is 8.38. The lowest BCUT2D eigenvalue weighted by molar-refractivity contribution is 0.0992. The van der Waals surface area contributed by atoms with E-state index in [1.165, 1.54) is 18.7 Å². The van der Waals surface area contributed by atoms with E-state index in [0.717, 1.165) is 32.0 Å². The van der Waals surface area contributed by atoms with E-state index in [2.05, 4.69) is 0 Å². The second kappa shape index (κ2) is 9.03. The number of hydrogen-bond acceptors (Lipinski definition) is 7. The number of thioether (sulfide) groups is 1. The van der Waals surface area contributed by atoms with Crippen molar-refractivity contribution in [1.82, 2.24) is 18.7 Å². The quantitative estimate of drug-likeness (QED) is 0.258. The van der Waals surface area contributed by atoms with Gasteiger partial charge in [-0.2, -0.15) is 0 Å². The SMILES string of the molecule is Cc1cccc(C)c1-n1c(S[C@@H](C)C(=O)c2c(N)n(C)c(=O)n(C)c2=O)nc2ccccc2c1=O. The van der Waals surface area contributed by atoms with Gasteiger partial charge < -0.3 is 5.73 Å². The Balaban J connectivity index is 1.91. The lowest BCUT2D eigenvalue weighted by atomic mass is 10.1. The first-order valence-corrected chi connectivity index (χ1v) is 11.8. The summed E-state index contributed by atoms with van der Waals surface area (Å²) in [6, 6.07) is 12.7. The lowest BCUT2D eigenvalue weighted by Crippen LogP contribution is -2.42. The minimum Gasteiger partial charge on any atom is -0.384 e. The molecule has 0 saturated heterocycles. The van der Waals surface area contributed by atoms with Gasteiger partial charge in [-0.25, -0.2) is 9.78 Å². The Hall–Kier alpha value is -3.92. The maximum absolute atomic E-state index is 13.6. The van der Waals surface area contributed by atoms with Crippen molar-refractivity contribution < 1.29 is 4.79 Å². The maximum atomic E-state index is 13.6. The summed E-state index contributed by atoms with van der Waals surface area (Å²) in [5, 5.41) is -0.0621. The Morgan fingerprint density at radius 2 is 1.57 bits per heavy atom. The molecule has 0 amide bonds. The zero-order valence-electron chi connectivity index (χ0n) is 20.0. The second-order valence-corrected chi connectivity index (χ2v) is 9.69. The summed E-state index contributed by atoms with van der Waals surface area (Å²) in [6.07, 6.45) is 0. The number of nitrogen functional groups attached to an aromatic ring is 1. The zero-order valence-corrected chi connectivity index (χ0v) is 20.8. The average Bonchev–Trinajstić information content (AvgIpc) is 2.83. The molecule has 4 aromatic rings. The third-order valence-electron chi connectivity index (χ3n) is 6.02. The fraction of sp³-hybridized carbons (Fsp3) is 0.240. The molecule has 2 heterocycles. The summed E-state index contributed by atoms with van der Waals surface area (Å²) in [5.41, 5.74) is 7.03. The van der Waals surface area contributed by atoms with Crippen molar-refractivity contribution in [3.05, 3.63) is 90.3 Å². The van der Waals surface area contributed by atoms with Crippen molar-refractivity contribution in [3.63, 3.8) is 0 Å². The van der Waals surface area contributed by atoms with Crippen molar-refractivity contribution in [2.45, 2.75) is 31.2 Å². The average molecular weight is 492 g/mol. The van der Waals surface area contributed by atoms with Crippen LogP contribution in [0.2, 0.25) is 0 Å². The number of anilines is 1. The molecule has 0 unspecified atom stereocenters. The number of Topliss-reactive ketones (excluding diaryl/α,β-unsaturated/α-hetero) is 1. The zero-order chi connectivity index (χ0) is 25.6. The van der Waals surface area contributed by atoms with Gasteiger partial charge in [0.1, 0.15) is 11.4 Å². The van der Waals surface area contributed by atoms with Gasteiger partial charge in [0.25, 0.3) is 11.1 Å². The first-order valence-electron chi connectivity index (χ1n) is 10.9. The van der Waals surface area contributed by atoms with E-state index in [4.69, 9.17) is 10.7 Å². The molecule has 0 saturated carbocycles. The van der Waals surface area contributed by atoms with Crippen LogP contribution >= 0.6 is 11.8 Å². The van der Waals surface area contributed by atoms with Crippen LogP contribution in [0.5, 0.6) is 0 Å². The van der Waals surface area contributed by atoms with Gasteiger partial charge in [0, 0.05) is 14.1 Å². The van der Waals surface area contributed by atoms with Crippen LogP contribution < -0.4 is 22.5 Å². The lowest BCUT2D eigenvalue weighted by Gasteiger charge is -2.19. The largest absolute Gasteiger partial charge is 0.384 e. The maximum Gasteiger partial charge on any atom is 0.332 e. The van der Waals surface area contributed by atoms with E-state index in [1.807, 2.05) is 32.0 Å². The molecule has 0 bridgehead atoms. The van der Waals surface area contributed by atoms with Gasteiger partial charge in [0.15, 0.2) is 10.9 Å². The fourth-order valence-corrected chi connectivity index (χ4v) is 5.03. The van der Waals surface area contributed by atoms with E-state index < -0.39 is 22.3 Å². The van der Waals surface area contributed by atoms with Gasteiger partial charge >= 0.3 is 5.69 Å². The molecule has 0 aliphatic rings. The highest BCUT2D eigenvalue weighted by atomic mass is 32.2. The molecule has 9 nitrogen and oxygen atoms in total. The van der Waals surface area contributed by atoms with Crippen LogP contribution in [0, 0.1) is 13.8 Å². The third-order valence-corrected chi connectivity index (χ3v) is 7.07. The monoisotopic (exact) mass is 491 g/mol. The molecular weight excluding hydrogens is 466 g/mol. The number of aryl methyl sites for hydroxylation is 2. The van der Waals surface area contributed by atoms with Gasteiger partial charge in [-0.05, 0) is 44.0 Å². The number of benzene rings is 2. The summed E-state index contributed by atoms with van der Waals surface area (Å²) < 4.78 is 3.43. The molecule has 10 heteroatoms. The Morgan fingerprint density at radius 3 is 2.23 bits per heavy atom. The van der Waals surface area contributed by atoms with Crippen molar-refractivity contribution in [1.29, 1.82) is 0 Å².